The summed E-state index contributed by atoms with van der Waals surface area (Å²) in [4.78, 5) is 90.6. The smallest absolute Gasteiger partial charge is 0.303 e. The summed E-state index contributed by atoms with van der Waals surface area (Å²) < 4.78 is 12.2. The second-order valence-corrected chi connectivity index (χ2v) is 19.3. The van der Waals surface area contributed by atoms with Crippen LogP contribution in [0.25, 0.3) is 10.9 Å². The van der Waals surface area contributed by atoms with Crippen LogP contribution < -0.4 is 16.0 Å². The SMILES string of the molecule is CC[C@H](C)[C@@H]([C@@H](CC(=O)N1CCC[C@H]1[C@H](OC)[C@@H](C)C(=O)N[C@@H](Cc1c[nH]c2ccccc12)C(=O)NCc1ccccc1)OC)N(C)[C@H](C(=O)NC(=O)[C@H](C(C)C)N(C)CCCC(=O)O)C(C)C. The number of fused-ring (bicyclic) bond motifs is 1. The number of likely N-dealkylation sites (N-methyl/N-ethyl adjacent to an activating group) is 2. The summed E-state index contributed by atoms with van der Waals surface area (Å²) in [5.41, 5.74) is 2.75. The van der Waals surface area contributed by atoms with Crippen LogP contribution in [0.5, 0.6) is 0 Å². The molecule has 1 fully saturated rings. The molecule has 9 atom stereocenters. The Bertz CT molecular complexity index is 2110. The molecule has 1 aliphatic rings. The Morgan fingerprint density at radius 3 is 2.12 bits per heavy atom. The van der Waals surface area contributed by atoms with E-state index < -0.39 is 66.1 Å². The number of nitrogens with zero attached hydrogens (tertiary/aromatic N) is 3. The number of methoxy groups -OCH3 is 2. The molecule has 4 rings (SSSR count). The van der Waals surface area contributed by atoms with Crippen LogP contribution >= 0.6 is 0 Å². The van der Waals surface area contributed by atoms with Crippen molar-refractivity contribution in [3.63, 3.8) is 0 Å². The van der Waals surface area contributed by atoms with Crippen molar-refractivity contribution in [3.05, 3.63) is 71.9 Å². The normalized spacial score (nSPS) is 17.7. The molecule has 0 radical (unpaired) electrons. The number of aromatic nitrogens is 1. The number of aliphatic carboxylic acids is 1. The van der Waals surface area contributed by atoms with Crippen molar-refractivity contribution in [1.29, 1.82) is 0 Å². The lowest BCUT2D eigenvalue weighted by Crippen LogP contribution is -2.60. The molecule has 5 amide bonds. The van der Waals surface area contributed by atoms with Crippen molar-refractivity contribution in [2.75, 3.05) is 41.4 Å². The predicted octanol–water partition coefficient (Wildman–Crippen LogP) is 5.39. The first-order chi connectivity index (χ1) is 32.3. The van der Waals surface area contributed by atoms with Crippen LogP contribution in [0.15, 0.2) is 60.8 Å². The van der Waals surface area contributed by atoms with Gasteiger partial charge in [0.05, 0.1) is 42.7 Å². The van der Waals surface area contributed by atoms with Gasteiger partial charge in [-0.3, -0.25) is 43.9 Å². The van der Waals surface area contributed by atoms with E-state index in [-0.39, 0.29) is 54.7 Å². The van der Waals surface area contributed by atoms with Gasteiger partial charge in [0.25, 0.3) is 0 Å². The Labute approximate surface area is 403 Å². The Morgan fingerprint density at radius 2 is 1.50 bits per heavy atom. The molecule has 0 unspecified atom stereocenters. The number of carboxylic acid groups (broad SMARTS) is 1. The molecule has 16 heteroatoms. The number of rotatable bonds is 27. The number of hydrogen-bond donors (Lipinski definition) is 5. The maximum Gasteiger partial charge on any atom is 0.303 e. The lowest BCUT2D eigenvalue weighted by Gasteiger charge is -2.43. The quantitative estimate of drug-likeness (QED) is 0.0656. The Morgan fingerprint density at radius 1 is 0.853 bits per heavy atom. The lowest BCUT2D eigenvalue weighted by atomic mass is 9.87. The molecule has 0 bridgehead atoms. The molecule has 0 spiro atoms. The standard InChI is InChI=1S/C52H79N7O9/c1-12-34(6)47(58(9)46(33(4)5)52(66)56-51(65)45(32(2)3)57(8)26-19-25-44(61)62)42(67-10)29-43(60)59-27-18-24-41(59)48(68-11)35(7)49(63)55-40(50(64)54-30-36-20-14-13-15-21-36)28-37-31-53-39-23-17-16-22-38(37)39/h13-17,20-23,31-35,40-42,45-48,53H,12,18-19,24-30H2,1-11H3,(H,54,64)(H,55,63)(H,61,62)(H,56,65,66)/t34-,35+,40-,41-,42+,45-,46-,47-,48+/m0/s1. The molecule has 376 valence electrons. The van der Waals surface area contributed by atoms with Gasteiger partial charge in [-0.05, 0) is 74.8 Å². The van der Waals surface area contributed by atoms with Gasteiger partial charge in [-0.2, -0.15) is 0 Å². The van der Waals surface area contributed by atoms with Gasteiger partial charge in [0, 0.05) is 63.3 Å². The zero-order valence-corrected chi connectivity index (χ0v) is 42.3. The van der Waals surface area contributed by atoms with Crippen LogP contribution in [0.3, 0.4) is 0 Å². The second kappa shape index (κ2) is 26.6. The van der Waals surface area contributed by atoms with Gasteiger partial charge in [0.1, 0.15) is 6.04 Å². The number of benzene rings is 2. The number of ether oxygens (including phenoxy) is 2. The van der Waals surface area contributed by atoms with E-state index in [0.29, 0.717) is 38.9 Å². The van der Waals surface area contributed by atoms with Crippen molar-refractivity contribution in [2.45, 2.75) is 142 Å². The number of carbonyl (C=O) groups excluding carboxylic acids is 5. The van der Waals surface area contributed by atoms with Crippen LogP contribution in [0.2, 0.25) is 0 Å². The third kappa shape index (κ3) is 14.7. The largest absolute Gasteiger partial charge is 0.481 e. The first kappa shape index (κ1) is 55.4. The summed E-state index contributed by atoms with van der Waals surface area (Å²) in [5, 5.41) is 18.8. The van der Waals surface area contributed by atoms with Gasteiger partial charge in [-0.15, -0.1) is 0 Å². The zero-order chi connectivity index (χ0) is 50.2. The molecular formula is C52H79N7O9. The Kier molecular flexibility index (Phi) is 21.7. The van der Waals surface area contributed by atoms with Crippen LogP contribution in [0, 0.1) is 23.7 Å². The van der Waals surface area contributed by atoms with Gasteiger partial charge >= 0.3 is 5.97 Å². The maximum absolute atomic E-state index is 14.6. The van der Waals surface area contributed by atoms with E-state index in [1.165, 1.54) is 0 Å². The summed E-state index contributed by atoms with van der Waals surface area (Å²) in [6.45, 7) is 14.6. The summed E-state index contributed by atoms with van der Waals surface area (Å²) >= 11 is 0. The molecule has 1 aromatic heterocycles. The van der Waals surface area contributed by atoms with E-state index in [2.05, 4.69) is 27.9 Å². The Balaban J connectivity index is 1.51. The predicted molar refractivity (Wildman–Crippen MR) is 263 cm³/mol. The van der Waals surface area contributed by atoms with Crippen LogP contribution in [0.4, 0.5) is 0 Å². The number of nitrogens with one attached hydrogen (secondary N) is 4. The van der Waals surface area contributed by atoms with Gasteiger partial charge < -0.3 is 35.1 Å². The average molecular weight is 946 g/mol. The van der Waals surface area contributed by atoms with E-state index >= 15 is 0 Å². The number of imide groups is 1. The van der Waals surface area contributed by atoms with Crippen molar-refractivity contribution in [3.8, 4) is 0 Å². The lowest BCUT2D eigenvalue weighted by molar-refractivity contribution is -0.144. The number of hydrogen-bond acceptors (Lipinski definition) is 10. The number of carbonyl (C=O) groups is 6. The highest BCUT2D eigenvalue weighted by atomic mass is 16.5. The molecule has 5 N–H and O–H groups in total. The van der Waals surface area contributed by atoms with Crippen LogP contribution in [0.1, 0.15) is 98.1 Å². The topological polar surface area (TPSA) is 203 Å². The van der Waals surface area contributed by atoms with Crippen LogP contribution in [-0.2, 0) is 51.2 Å². The van der Waals surface area contributed by atoms with Gasteiger partial charge in [-0.1, -0.05) is 103 Å². The number of likely N-dealkylation sites (tertiary alicyclic amines) is 1. The van der Waals surface area contributed by atoms with Gasteiger partial charge in [-0.25, -0.2) is 0 Å². The molecule has 68 heavy (non-hydrogen) atoms. The molecule has 1 aliphatic heterocycles. The first-order valence-electron chi connectivity index (χ1n) is 24.4. The molecule has 0 aliphatic carbocycles. The van der Waals surface area contributed by atoms with E-state index in [9.17, 15) is 28.8 Å². The van der Waals surface area contributed by atoms with E-state index in [4.69, 9.17) is 14.6 Å². The number of carboxylic acids is 1. The van der Waals surface area contributed by atoms with Gasteiger partial charge in [0.2, 0.25) is 29.5 Å². The minimum atomic E-state index is -0.909. The second-order valence-electron chi connectivity index (χ2n) is 19.3. The highest BCUT2D eigenvalue weighted by Crippen LogP contribution is 2.31. The first-order valence-corrected chi connectivity index (χ1v) is 24.4. The fourth-order valence-corrected chi connectivity index (χ4v) is 10.2. The maximum atomic E-state index is 14.6. The fourth-order valence-electron chi connectivity index (χ4n) is 10.2. The summed E-state index contributed by atoms with van der Waals surface area (Å²) in [5.74, 6) is -3.83. The van der Waals surface area contributed by atoms with Crippen molar-refractivity contribution in [1.82, 2.24) is 35.6 Å². The monoisotopic (exact) mass is 946 g/mol. The van der Waals surface area contributed by atoms with Crippen molar-refractivity contribution >= 4 is 46.4 Å². The van der Waals surface area contributed by atoms with E-state index in [1.54, 1.807) is 38.0 Å². The minimum absolute atomic E-state index is 0.000431. The number of H-pyrrole nitrogens is 1. The molecule has 2 heterocycles. The number of aromatic amines is 1. The third-order valence-corrected chi connectivity index (χ3v) is 13.8. The fraction of sp³-hybridized carbons (Fsp3) is 0.615. The molecule has 0 saturated carbocycles. The molecule has 1 saturated heterocycles. The van der Waals surface area contributed by atoms with Crippen LogP contribution in [-0.4, -0.2) is 144 Å². The number of amides is 5. The van der Waals surface area contributed by atoms with Crippen molar-refractivity contribution in [2.24, 2.45) is 23.7 Å². The third-order valence-electron chi connectivity index (χ3n) is 13.8. The minimum Gasteiger partial charge on any atom is -0.481 e. The highest BCUT2D eigenvalue weighted by molar-refractivity contribution is 6.00. The Hall–Kier alpha value is -5.16. The average Bonchev–Trinajstić information content (AvgIpc) is 3.95. The van der Waals surface area contributed by atoms with E-state index in [0.717, 1.165) is 28.5 Å². The summed E-state index contributed by atoms with van der Waals surface area (Å²) in [7, 11) is 6.71. The highest BCUT2D eigenvalue weighted by Gasteiger charge is 2.44. The molecule has 2 aromatic carbocycles. The molecule has 16 nitrogen and oxygen atoms in total. The molecule has 3 aromatic rings. The van der Waals surface area contributed by atoms with Gasteiger partial charge in [0.15, 0.2) is 0 Å². The summed E-state index contributed by atoms with van der Waals surface area (Å²) in [6.07, 6.45) is 3.17. The van der Waals surface area contributed by atoms with E-state index in [1.807, 2.05) is 107 Å². The van der Waals surface area contributed by atoms with Crippen molar-refractivity contribution < 1.29 is 43.3 Å². The summed E-state index contributed by atoms with van der Waals surface area (Å²) in [6, 6.07) is 14.2. The molecular weight excluding hydrogens is 867 g/mol. The number of para-hydroxylation sites is 1. The zero-order valence-electron chi connectivity index (χ0n) is 42.3.